The van der Waals surface area contributed by atoms with Gasteiger partial charge in [-0.05, 0) is 6.92 Å². The molecule has 0 radical (unpaired) electrons. The number of rotatable bonds is 2. The number of piperazine rings is 1. The highest BCUT2D eigenvalue weighted by atomic mass is 35.5. The van der Waals surface area contributed by atoms with Gasteiger partial charge in [-0.15, -0.1) is 0 Å². The molecule has 0 unspecified atom stereocenters. The molecular weight excluding hydrogens is 212 g/mol. The molecule has 1 aliphatic heterocycles. The maximum absolute atomic E-state index is 6.21. The molecule has 0 atom stereocenters. The summed E-state index contributed by atoms with van der Waals surface area (Å²) in [6.07, 6.45) is 0. The number of hydrogen-bond acceptors (Lipinski definition) is 3. The summed E-state index contributed by atoms with van der Waals surface area (Å²) < 4.78 is 1.89. The molecule has 5 heteroatoms. The Morgan fingerprint density at radius 2 is 2.07 bits per heavy atom. The second-order valence-corrected chi connectivity index (χ2v) is 4.37. The molecule has 0 spiro atoms. The highest BCUT2D eigenvalue weighted by molar-refractivity contribution is 6.31. The van der Waals surface area contributed by atoms with Crippen LogP contribution < -0.4 is 5.32 Å². The first-order chi connectivity index (χ1) is 7.18. The molecule has 1 fully saturated rings. The third-order valence-corrected chi connectivity index (χ3v) is 3.34. The Kier molecular flexibility index (Phi) is 3.29. The number of halogens is 1. The van der Waals surface area contributed by atoms with Crippen LogP contribution >= 0.6 is 11.6 Å². The van der Waals surface area contributed by atoms with Crippen molar-refractivity contribution < 1.29 is 0 Å². The van der Waals surface area contributed by atoms with Gasteiger partial charge in [-0.1, -0.05) is 11.6 Å². The van der Waals surface area contributed by atoms with Gasteiger partial charge in [0.05, 0.1) is 16.4 Å². The molecule has 15 heavy (non-hydrogen) atoms. The molecule has 0 saturated carbocycles. The molecule has 1 aromatic heterocycles. The van der Waals surface area contributed by atoms with E-state index in [4.69, 9.17) is 11.6 Å². The van der Waals surface area contributed by atoms with Gasteiger partial charge in [-0.2, -0.15) is 5.10 Å². The maximum atomic E-state index is 6.21. The first-order valence-electron chi connectivity index (χ1n) is 5.29. The standard InChI is InChI=1S/C10H17ClN4/c1-8-10(11)9(14(2)13-8)7-15-5-3-12-4-6-15/h12H,3-7H2,1-2H3. The Labute approximate surface area is 95.2 Å². The minimum Gasteiger partial charge on any atom is -0.314 e. The van der Waals surface area contributed by atoms with Crippen molar-refractivity contribution in [2.24, 2.45) is 7.05 Å². The minimum atomic E-state index is 0.816. The highest BCUT2D eigenvalue weighted by Gasteiger charge is 2.16. The summed E-state index contributed by atoms with van der Waals surface area (Å²) in [4.78, 5) is 2.40. The van der Waals surface area contributed by atoms with Crippen LogP contribution in [-0.4, -0.2) is 40.9 Å². The number of aryl methyl sites for hydroxylation is 2. The van der Waals surface area contributed by atoms with Gasteiger partial charge in [-0.3, -0.25) is 9.58 Å². The second kappa shape index (κ2) is 4.51. The fourth-order valence-electron chi connectivity index (χ4n) is 1.93. The lowest BCUT2D eigenvalue weighted by Gasteiger charge is -2.27. The quantitative estimate of drug-likeness (QED) is 0.813. The summed E-state index contributed by atoms with van der Waals surface area (Å²) in [6.45, 7) is 7.14. The lowest BCUT2D eigenvalue weighted by atomic mass is 10.3. The Bertz CT molecular complexity index is 341. The smallest absolute Gasteiger partial charge is 0.0860 e. The van der Waals surface area contributed by atoms with E-state index >= 15 is 0 Å². The zero-order valence-corrected chi connectivity index (χ0v) is 10.0. The van der Waals surface area contributed by atoms with Crippen LogP contribution in [0.2, 0.25) is 5.02 Å². The molecule has 4 nitrogen and oxygen atoms in total. The van der Waals surface area contributed by atoms with Gasteiger partial charge in [-0.25, -0.2) is 0 Å². The fraction of sp³-hybridized carbons (Fsp3) is 0.700. The van der Waals surface area contributed by atoms with Crippen LogP contribution in [0, 0.1) is 6.92 Å². The SMILES string of the molecule is Cc1nn(C)c(CN2CCNCC2)c1Cl. The van der Waals surface area contributed by atoms with Gasteiger partial charge < -0.3 is 5.32 Å². The van der Waals surface area contributed by atoms with Crippen LogP contribution in [0.3, 0.4) is 0 Å². The van der Waals surface area contributed by atoms with Gasteiger partial charge in [0, 0.05) is 39.8 Å². The average molecular weight is 229 g/mol. The number of hydrogen-bond donors (Lipinski definition) is 1. The molecule has 2 heterocycles. The molecule has 1 saturated heterocycles. The van der Waals surface area contributed by atoms with Gasteiger partial charge in [0.2, 0.25) is 0 Å². The molecule has 1 aliphatic rings. The van der Waals surface area contributed by atoms with E-state index in [1.807, 2.05) is 18.7 Å². The predicted molar refractivity (Wildman–Crippen MR) is 61.1 cm³/mol. The van der Waals surface area contributed by atoms with Gasteiger partial charge >= 0.3 is 0 Å². The van der Waals surface area contributed by atoms with Crippen molar-refractivity contribution in [3.05, 3.63) is 16.4 Å². The van der Waals surface area contributed by atoms with Crippen molar-refractivity contribution in [1.82, 2.24) is 20.0 Å². The van der Waals surface area contributed by atoms with Crippen LogP contribution in [0.25, 0.3) is 0 Å². The third kappa shape index (κ3) is 2.33. The highest BCUT2D eigenvalue weighted by Crippen LogP contribution is 2.20. The van der Waals surface area contributed by atoms with Crippen LogP contribution in [0.15, 0.2) is 0 Å². The van der Waals surface area contributed by atoms with Crippen molar-refractivity contribution in [3.8, 4) is 0 Å². The van der Waals surface area contributed by atoms with Crippen LogP contribution in [0.5, 0.6) is 0 Å². The first kappa shape index (κ1) is 10.9. The Balaban J connectivity index is 2.09. The van der Waals surface area contributed by atoms with E-state index in [-0.39, 0.29) is 0 Å². The summed E-state index contributed by atoms with van der Waals surface area (Å²) in [7, 11) is 1.95. The second-order valence-electron chi connectivity index (χ2n) is 4.00. The zero-order chi connectivity index (χ0) is 10.8. The molecule has 0 aliphatic carbocycles. The van der Waals surface area contributed by atoms with Crippen molar-refractivity contribution in [2.45, 2.75) is 13.5 Å². The van der Waals surface area contributed by atoms with E-state index < -0.39 is 0 Å². The first-order valence-corrected chi connectivity index (χ1v) is 5.67. The maximum Gasteiger partial charge on any atom is 0.0860 e. The monoisotopic (exact) mass is 228 g/mol. The molecule has 1 aromatic rings. The van der Waals surface area contributed by atoms with Crippen LogP contribution in [0.4, 0.5) is 0 Å². The molecule has 1 N–H and O–H groups in total. The number of nitrogens with zero attached hydrogens (tertiary/aromatic N) is 3. The molecule has 0 amide bonds. The van der Waals surface area contributed by atoms with Crippen molar-refractivity contribution >= 4 is 11.6 Å². The Morgan fingerprint density at radius 3 is 2.60 bits per heavy atom. The van der Waals surface area contributed by atoms with E-state index in [1.54, 1.807) is 0 Å². The van der Waals surface area contributed by atoms with Crippen LogP contribution in [0.1, 0.15) is 11.4 Å². The number of nitrogens with one attached hydrogen (secondary N) is 1. The summed E-state index contributed by atoms with van der Waals surface area (Å²) in [6, 6.07) is 0. The van der Waals surface area contributed by atoms with Crippen molar-refractivity contribution in [1.29, 1.82) is 0 Å². The molecule has 2 rings (SSSR count). The normalized spacial score (nSPS) is 18.3. The lowest BCUT2D eigenvalue weighted by Crippen LogP contribution is -2.43. The van der Waals surface area contributed by atoms with Crippen molar-refractivity contribution in [2.75, 3.05) is 26.2 Å². The van der Waals surface area contributed by atoms with Gasteiger partial charge in [0.15, 0.2) is 0 Å². The Hall–Kier alpha value is -0.580. The molecule has 0 aromatic carbocycles. The fourth-order valence-corrected chi connectivity index (χ4v) is 2.15. The zero-order valence-electron chi connectivity index (χ0n) is 9.26. The van der Waals surface area contributed by atoms with Crippen LogP contribution in [-0.2, 0) is 13.6 Å². The van der Waals surface area contributed by atoms with Crippen molar-refractivity contribution in [3.63, 3.8) is 0 Å². The molecule has 84 valence electrons. The topological polar surface area (TPSA) is 33.1 Å². The third-order valence-electron chi connectivity index (χ3n) is 2.84. The Morgan fingerprint density at radius 1 is 1.40 bits per heavy atom. The largest absolute Gasteiger partial charge is 0.314 e. The minimum absolute atomic E-state index is 0.816. The van der Waals surface area contributed by atoms with E-state index in [2.05, 4.69) is 15.3 Å². The average Bonchev–Trinajstić information content (AvgIpc) is 2.47. The summed E-state index contributed by atoms with van der Waals surface area (Å²) in [5.74, 6) is 0. The van der Waals surface area contributed by atoms with Gasteiger partial charge in [0.25, 0.3) is 0 Å². The summed E-state index contributed by atoms with van der Waals surface area (Å²) in [5.41, 5.74) is 2.04. The van der Waals surface area contributed by atoms with Gasteiger partial charge in [0.1, 0.15) is 0 Å². The molecule has 0 bridgehead atoms. The predicted octanol–water partition coefficient (Wildman–Crippen LogP) is 0.787. The summed E-state index contributed by atoms with van der Waals surface area (Å²) >= 11 is 6.21. The summed E-state index contributed by atoms with van der Waals surface area (Å²) in [5, 5.41) is 8.47. The van der Waals surface area contributed by atoms with E-state index in [0.29, 0.717) is 0 Å². The van der Waals surface area contributed by atoms with E-state index in [1.165, 1.54) is 0 Å². The van der Waals surface area contributed by atoms with E-state index in [0.717, 1.165) is 49.1 Å². The lowest BCUT2D eigenvalue weighted by molar-refractivity contribution is 0.228. The van der Waals surface area contributed by atoms with E-state index in [9.17, 15) is 0 Å². The number of aromatic nitrogens is 2. The molecular formula is C10H17ClN4.